The van der Waals surface area contributed by atoms with Crippen LogP contribution in [0.1, 0.15) is 40.7 Å². The Bertz CT molecular complexity index is 1440. The maximum atomic E-state index is 12.9. The summed E-state index contributed by atoms with van der Waals surface area (Å²) in [6.45, 7) is 0. The minimum atomic E-state index is -0.331. The van der Waals surface area contributed by atoms with Crippen molar-refractivity contribution in [3.05, 3.63) is 132 Å². The Morgan fingerprint density at radius 2 is 1.59 bits per heavy atom. The summed E-state index contributed by atoms with van der Waals surface area (Å²) < 4.78 is 10.7. The summed E-state index contributed by atoms with van der Waals surface area (Å²) in [6.07, 6.45) is 7.30. The molecule has 0 atom stereocenters. The van der Waals surface area contributed by atoms with Crippen molar-refractivity contribution in [2.45, 2.75) is 19.3 Å². The topological polar surface area (TPSA) is 89.9 Å². The molecule has 0 spiro atoms. The van der Waals surface area contributed by atoms with E-state index in [0.717, 1.165) is 16.7 Å². The highest BCUT2D eigenvalue weighted by molar-refractivity contribution is 6.05. The zero-order valence-corrected chi connectivity index (χ0v) is 21.6. The number of amides is 1. The van der Waals surface area contributed by atoms with Crippen molar-refractivity contribution >= 4 is 29.2 Å². The molecule has 0 unspecified atom stereocenters. The quantitative estimate of drug-likeness (QED) is 0.120. The van der Waals surface area contributed by atoms with Gasteiger partial charge < -0.3 is 9.47 Å². The average Bonchev–Trinajstić information content (AvgIpc) is 2.98. The maximum Gasteiger partial charge on any atom is 0.305 e. The number of aliphatic imine (C=N–C) groups is 1. The number of carbonyl (C=O) groups is 2. The minimum absolute atomic E-state index is 0.0530. The maximum absolute atomic E-state index is 12.9. The molecule has 1 heterocycles. The summed E-state index contributed by atoms with van der Waals surface area (Å²) in [5, 5.41) is 2.79. The monoisotopic (exact) mass is 519 g/mol. The normalized spacial score (nSPS) is 11.5. The third-order valence-electron chi connectivity index (χ3n) is 5.74. The fourth-order valence-corrected chi connectivity index (χ4v) is 3.81. The number of para-hydroxylation sites is 1. The molecule has 39 heavy (non-hydrogen) atoms. The molecule has 196 valence electrons. The molecule has 3 aromatic carbocycles. The Morgan fingerprint density at radius 3 is 2.31 bits per heavy atom. The molecule has 0 aliphatic heterocycles. The third kappa shape index (κ3) is 8.23. The molecule has 0 radical (unpaired) electrons. The number of benzene rings is 3. The second-order valence-corrected chi connectivity index (χ2v) is 8.53. The van der Waals surface area contributed by atoms with E-state index in [4.69, 9.17) is 9.47 Å². The third-order valence-corrected chi connectivity index (χ3v) is 5.74. The van der Waals surface area contributed by atoms with E-state index >= 15 is 0 Å². The van der Waals surface area contributed by atoms with Crippen LogP contribution >= 0.6 is 0 Å². The second-order valence-electron chi connectivity index (χ2n) is 8.53. The zero-order chi connectivity index (χ0) is 27.3. The van der Waals surface area contributed by atoms with E-state index in [2.05, 4.69) is 21.4 Å². The highest BCUT2D eigenvalue weighted by atomic mass is 16.5. The highest BCUT2D eigenvalue weighted by Crippen LogP contribution is 2.27. The number of pyridine rings is 1. The molecule has 4 aromatic rings. The first-order chi connectivity index (χ1) is 19.1. The van der Waals surface area contributed by atoms with E-state index < -0.39 is 0 Å². The molecule has 0 saturated carbocycles. The molecule has 0 fully saturated rings. The van der Waals surface area contributed by atoms with Crippen LogP contribution in [-0.2, 0) is 9.53 Å². The fourth-order valence-electron chi connectivity index (χ4n) is 3.81. The van der Waals surface area contributed by atoms with Gasteiger partial charge in [0.1, 0.15) is 5.75 Å². The van der Waals surface area contributed by atoms with Gasteiger partial charge in [-0.05, 0) is 66.4 Å². The first kappa shape index (κ1) is 27.0. The van der Waals surface area contributed by atoms with Crippen LogP contribution in [0.25, 0.3) is 5.57 Å². The van der Waals surface area contributed by atoms with Gasteiger partial charge in [-0.3, -0.25) is 19.9 Å². The van der Waals surface area contributed by atoms with Gasteiger partial charge in [0.05, 0.1) is 12.8 Å². The fraction of sp³-hybridized carbons (Fsp3) is 0.125. The van der Waals surface area contributed by atoms with Crippen molar-refractivity contribution in [3.8, 4) is 5.75 Å². The summed E-state index contributed by atoms with van der Waals surface area (Å²) >= 11 is 0. The van der Waals surface area contributed by atoms with Crippen LogP contribution in [0.2, 0.25) is 0 Å². The SMILES string of the molecule is COC(=O)CCC/C=C(/c1cccnc1)c1cccc(N=C(NC(=O)c2ccccc2)Oc2ccccc2)c1. The largest absolute Gasteiger partial charge is 0.469 e. The molecule has 7 heteroatoms. The van der Waals surface area contributed by atoms with Crippen LogP contribution in [0.3, 0.4) is 0 Å². The number of amidine groups is 1. The molecule has 0 aliphatic rings. The lowest BCUT2D eigenvalue weighted by molar-refractivity contribution is -0.140. The predicted molar refractivity (Wildman–Crippen MR) is 152 cm³/mol. The number of ether oxygens (including phenoxy) is 2. The van der Waals surface area contributed by atoms with Crippen LogP contribution in [0.15, 0.2) is 121 Å². The summed E-state index contributed by atoms with van der Waals surface area (Å²) in [5.74, 6) is -0.0172. The Balaban J connectivity index is 1.64. The first-order valence-electron chi connectivity index (χ1n) is 12.6. The number of aromatic nitrogens is 1. The molecule has 7 nitrogen and oxygen atoms in total. The number of allylic oxidation sites excluding steroid dienone is 1. The van der Waals surface area contributed by atoms with E-state index in [1.165, 1.54) is 7.11 Å². The number of hydrogen-bond acceptors (Lipinski definition) is 6. The molecule has 0 aliphatic carbocycles. The number of methoxy groups -OCH3 is 1. The average molecular weight is 520 g/mol. The summed E-state index contributed by atoms with van der Waals surface area (Å²) in [6, 6.07) is 29.6. The Morgan fingerprint density at radius 1 is 0.872 bits per heavy atom. The van der Waals surface area contributed by atoms with Crippen LogP contribution in [0.5, 0.6) is 5.75 Å². The molecular weight excluding hydrogens is 490 g/mol. The standard InChI is InChI=1S/C32H29N3O4/c1-38-30(36)20-9-8-19-29(26-15-11-21-33-23-26)25-14-10-16-27(22-25)34-32(39-28-17-6-3-7-18-28)35-31(37)24-12-4-2-5-13-24/h2-7,10-19,21-23H,8-9,20H2,1H3,(H,34,35,37)/b29-19+. The number of nitrogens with zero attached hydrogens (tertiary/aromatic N) is 2. The van der Waals surface area contributed by atoms with Gasteiger partial charge in [-0.2, -0.15) is 4.99 Å². The van der Waals surface area contributed by atoms with Crippen molar-refractivity contribution in [1.29, 1.82) is 0 Å². The highest BCUT2D eigenvalue weighted by Gasteiger charge is 2.12. The molecule has 4 rings (SSSR count). The van der Waals surface area contributed by atoms with Crippen LogP contribution < -0.4 is 10.1 Å². The number of unbranched alkanes of at least 4 members (excludes halogenated alkanes) is 1. The van der Waals surface area contributed by atoms with Crippen molar-refractivity contribution in [3.63, 3.8) is 0 Å². The number of hydrogen-bond donors (Lipinski definition) is 1. The van der Waals surface area contributed by atoms with Crippen molar-refractivity contribution in [1.82, 2.24) is 10.3 Å². The lowest BCUT2D eigenvalue weighted by Crippen LogP contribution is -2.34. The van der Waals surface area contributed by atoms with Crippen LogP contribution in [-0.4, -0.2) is 30.0 Å². The van der Waals surface area contributed by atoms with E-state index in [1.807, 2.05) is 60.7 Å². The second kappa shape index (κ2) is 14.0. The van der Waals surface area contributed by atoms with Gasteiger partial charge in [-0.15, -0.1) is 0 Å². The summed E-state index contributed by atoms with van der Waals surface area (Å²) in [4.78, 5) is 33.3. The van der Waals surface area contributed by atoms with Crippen LogP contribution in [0, 0.1) is 0 Å². The molecule has 1 aromatic heterocycles. The van der Waals surface area contributed by atoms with Gasteiger partial charge >= 0.3 is 12.0 Å². The Kier molecular flexibility index (Phi) is 9.73. The van der Waals surface area contributed by atoms with E-state index in [-0.39, 0.29) is 17.9 Å². The molecule has 1 N–H and O–H groups in total. The Hall–Kier alpha value is -5.04. The van der Waals surface area contributed by atoms with E-state index in [0.29, 0.717) is 36.3 Å². The van der Waals surface area contributed by atoms with E-state index in [1.54, 1.807) is 48.8 Å². The minimum Gasteiger partial charge on any atom is -0.469 e. The lowest BCUT2D eigenvalue weighted by atomic mass is 9.97. The van der Waals surface area contributed by atoms with Gasteiger partial charge in [-0.1, -0.05) is 60.7 Å². The number of rotatable bonds is 9. The lowest BCUT2D eigenvalue weighted by Gasteiger charge is -2.12. The molecule has 0 bridgehead atoms. The zero-order valence-electron chi connectivity index (χ0n) is 21.6. The number of carbonyl (C=O) groups excluding carboxylic acids is 2. The van der Waals surface area contributed by atoms with Gasteiger partial charge in [-0.25, -0.2) is 0 Å². The molecule has 0 saturated heterocycles. The van der Waals surface area contributed by atoms with Gasteiger partial charge in [0.25, 0.3) is 5.91 Å². The molecular formula is C32H29N3O4. The van der Waals surface area contributed by atoms with Gasteiger partial charge in [0.2, 0.25) is 0 Å². The van der Waals surface area contributed by atoms with Crippen molar-refractivity contribution in [2.24, 2.45) is 4.99 Å². The van der Waals surface area contributed by atoms with Crippen molar-refractivity contribution < 1.29 is 19.1 Å². The summed E-state index contributed by atoms with van der Waals surface area (Å²) in [7, 11) is 1.39. The Labute approximate surface area is 227 Å². The number of esters is 1. The van der Waals surface area contributed by atoms with Crippen LogP contribution in [0.4, 0.5) is 5.69 Å². The van der Waals surface area contributed by atoms with Gasteiger partial charge in [0, 0.05) is 29.9 Å². The van der Waals surface area contributed by atoms with Crippen molar-refractivity contribution in [2.75, 3.05) is 7.11 Å². The smallest absolute Gasteiger partial charge is 0.305 e. The van der Waals surface area contributed by atoms with E-state index in [9.17, 15) is 9.59 Å². The molecule has 1 amide bonds. The summed E-state index contributed by atoms with van der Waals surface area (Å²) in [5.41, 5.74) is 3.90. The predicted octanol–water partition coefficient (Wildman–Crippen LogP) is 6.35. The number of nitrogens with one attached hydrogen (secondary N) is 1. The van der Waals surface area contributed by atoms with Gasteiger partial charge in [0.15, 0.2) is 0 Å². The first-order valence-corrected chi connectivity index (χ1v) is 12.6.